The van der Waals surface area contributed by atoms with Gasteiger partial charge in [-0.1, -0.05) is 17.7 Å². The molecule has 1 aliphatic heterocycles. The predicted octanol–water partition coefficient (Wildman–Crippen LogP) is 4.00. The Morgan fingerprint density at radius 2 is 1.54 bits per heavy atom. The van der Waals surface area contributed by atoms with Crippen LogP contribution < -0.4 is 0 Å². The van der Waals surface area contributed by atoms with Gasteiger partial charge in [0.1, 0.15) is 5.60 Å². The molecule has 0 spiro atoms. The number of hydrogen-bond donors (Lipinski definition) is 0. The highest BCUT2D eigenvalue weighted by Gasteiger charge is 2.39. The van der Waals surface area contributed by atoms with Gasteiger partial charge in [0.25, 0.3) is 5.91 Å². The molecule has 2 fully saturated rings. The van der Waals surface area contributed by atoms with Crippen LogP contribution in [0.2, 0.25) is 0 Å². The third-order valence-electron chi connectivity index (χ3n) is 4.98. The second-order valence-electron chi connectivity index (χ2n) is 8.51. The molecule has 0 atom stereocenters. The Balaban J connectivity index is 1.63. The summed E-state index contributed by atoms with van der Waals surface area (Å²) in [5.74, 6) is 0.128. The van der Waals surface area contributed by atoms with E-state index in [2.05, 4.69) is 4.90 Å². The van der Waals surface area contributed by atoms with E-state index in [9.17, 15) is 9.59 Å². The first-order chi connectivity index (χ1) is 12.2. The Labute approximate surface area is 156 Å². The summed E-state index contributed by atoms with van der Waals surface area (Å²) < 4.78 is 5.47. The summed E-state index contributed by atoms with van der Waals surface area (Å²) >= 11 is 0. The third-order valence-corrected chi connectivity index (χ3v) is 4.98. The van der Waals surface area contributed by atoms with Crippen molar-refractivity contribution in [2.24, 2.45) is 0 Å². The molecule has 0 unspecified atom stereocenters. The molecular formula is C21H30N2O3. The minimum absolute atomic E-state index is 0.128. The molecule has 26 heavy (non-hydrogen) atoms. The van der Waals surface area contributed by atoms with Gasteiger partial charge in [0.05, 0.1) is 0 Å². The highest BCUT2D eigenvalue weighted by atomic mass is 16.6. The molecule has 142 valence electrons. The van der Waals surface area contributed by atoms with Crippen LogP contribution in [-0.2, 0) is 4.74 Å². The van der Waals surface area contributed by atoms with Crippen LogP contribution in [-0.4, -0.2) is 52.6 Å². The maximum absolute atomic E-state index is 13.1. The summed E-state index contributed by atoms with van der Waals surface area (Å²) in [4.78, 5) is 29.2. The predicted molar refractivity (Wildman–Crippen MR) is 101 cm³/mol. The maximum Gasteiger partial charge on any atom is 0.410 e. The minimum Gasteiger partial charge on any atom is -0.444 e. The minimum atomic E-state index is -0.477. The lowest BCUT2D eigenvalue weighted by Gasteiger charge is -2.39. The summed E-state index contributed by atoms with van der Waals surface area (Å²) in [6.45, 7) is 8.96. The van der Waals surface area contributed by atoms with Crippen molar-refractivity contribution >= 4 is 12.0 Å². The first-order valence-electron chi connectivity index (χ1n) is 9.62. The van der Waals surface area contributed by atoms with Gasteiger partial charge in [0.2, 0.25) is 0 Å². The lowest BCUT2D eigenvalue weighted by atomic mass is 10.0. The van der Waals surface area contributed by atoms with Crippen LogP contribution in [0.5, 0.6) is 0 Å². The van der Waals surface area contributed by atoms with Crippen molar-refractivity contribution in [2.45, 2.75) is 71.1 Å². The van der Waals surface area contributed by atoms with Crippen molar-refractivity contribution in [1.82, 2.24) is 9.80 Å². The number of nitrogens with zero attached hydrogens (tertiary/aromatic N) is 2. The fraction of sp³-hybridized carbons (Fsp3) is 0.619. The molecule has 5 nitrogen and oxygen atoms in total. The molecule has 0 bridgehead atoms. The zero-order valence-electron chi connectivity index (χ0n) is 16.3. The number of hydrogen-bond acceptors (Lipinski definition) is 3. The second kappa shape index (κ2) is 7.29. The number of carbonyl (C=O) groups excluding carboxylic acids is 2. The van der Waals surface area contributed by atoms with Crippen molar-refractivity contribution in [2.75, 3.05) is 13.1 Å². The van der Waals surface area contributed by atoms with E-state index in [-0.39, 0.29) is 18.0 Å². The van der Waals surface area contributed by atoms with Gasteiger partial charge in [0.15, 0.2) is 0 Å². The molecule has 0 radical (unpaired) electrons. The van der Waals surface area contributed by atoms with E-state index in [4.69, 9.17) is 4.74 Å². The summed E-state index contributed by atoms with van der Waals surface area (Å²) in [6.07, 6.45) is 3.55. The summed E-state index contributed by atoms with van der Waals surface area (Å²) in [5.41, 5.74) is 1.44. The molecule has 1 saturated carbocycles. The van der Waals surface area contributed by atoms with E-state index in [0.29, 0.717) is 19.1 Å². The number of piperidine rings is 1. The summed E-state index contributed by atoms with van der Waals surface area (Å²) in [6, 6.07) is 8.38. The van der Waals surface area contributed by atoms with Gasteiger partial charge in [-0.3, -0.25) is 4.79 Å². The van der Waals surface area contributed by atoms with Crippen molar-refractivity contribution < 1.29 is 14.3 Å². The van der Waals surface area contributed by atoms with Crippen LogP contribution >= 0.6 is 0 Å². The second-order valence-corrected chi connectivity index (χ2v) is 8.51. The Bertz CT molecular complexity index is 651. The lowest BCUT2D eigenvalue weighted by Crippen LogP contribution is -2.50. The molecule has 5 heteroatoms. The number of amides is 2. The number of likely N-dealkylation sites (tertiary alicyclic amines) is 1. The summed E-state index contributed by atoms with van der Waals surface area (Å²) in [7, 11) is 0. The van der Waals surface area contributed by atoms with Crippen LogP contribution in [0.25, 0.3) is 0 Å². The SMILES string of the molecule is Cc1ccc(C(=O)N(C2CC2)C2CCN(C(=O)OC(C)(C)C)CC2)cc1. The van der Waals surface area contributed by atoms with Gasteiger partial charge in [-0.05, 0) is 65.5 Å². The largest absolute Gasteiger partial charge is 0.444 e. The lowest BCUT2D eigenvalue weighted by molar-refractivity contribution is 0.0142. The van der Waals surface area contributed by atoms with Gasteiger partial charge in [0, 0.05) is 30.7 Å². The number of ether oxygens (including phenoxy) is 1. The average molecular weight is 358 g/mol. The summed E-state index contributed by atoms with van der Waals surface area (Å²) in [5, 5.41) is 0. The molecule has 3 rings (SSSR count). The quantitative estimate of drug-likeness (QED) is 0.821. The standard InChI is InChI=1S/C21H30N2O3/c1-15-5-7-16(8-6-15)19(24)23(17-9-10-17)18-11-13-22(14-12-18)20(25)26-21(2,3)4/h5-8,17-18H,9-14H2,1-4H3. The Morgan fingerprint density at radius 1 is 1.00 bits per heavy atom. The highest BCUT2D eigenvalue weighted by molar-refractivity contribution is 5.95. The first-order valence-corrected chi connectivity index (χ1v) is 9.62. The highest BCUT2D eigenvalue weighted by Crippen LogP contribution is 2.33. The molecular weight excluding hydrogens is 328 g/mol. The molecule has 1 aliphatic carbocycles. The van der Waals surface area contributed by atoms with E-state index in [1.165, 1.54) is 0 Å². The van der Waals surface area contributed by atoms with E-state index in [1.807, 2.05) is 52.0 Å². The van der Waals surface area contributed by atoms with Crippen LogP contribution in [0.1, 0.15) is 62.4 Å². The third kappa shape index (κ3) is 4.57. The smallest absolute Gasteiger partial charge is 0.410 e. The van der Waals surface area contributed by atoms with Gasteiger partial charge in [-0.15, -0.1) is 0 Å². The fourth-order valence-electron chi connectivity index (χ4n) is 3.48. The van der Waals surface area contributed by atoms with Gasteiger partial charge in [-0.25, -0.2) is 4.79 Å². The zero-order chi connectivity index (χ0) is 18.9. The van der Waals surface area contributed by atoms with Crippen LogP contribution in [0.15, 0.2) is 24.3 Å². The Morgan fingerprint density at radius 3 is 2.04 bits per heavy atom. The van der Waals surface area contributed by atoms with Gasteiger partial charge in [-0.2, -0.15) is 0 Å². The van der Waals surface area contributed by atoms with Crippen molar-refractivity contribution in [1.29, 1.82) is 0 Å². The van der Waals surface area contributed by atoms with Crippen LogP contribution in [0.3, 0.4) is 0 Å². The fourth-order valence-corrected chi connectivity index (χ4v) is 3.48. The van der Waals surface area contributed by atoms with E-state index in [1.54, 1.807) is 4.90 Å². The Kier molecular flexibility index (Phi) is 5.26. The van der Waals surface area contributed by atoms with Gasteiger partial charge >= 0.3 is 6.09 Å². The van der Waals surface area contributed by atoms with Crippen molar-refractivity contribution in [3.63, 3.8) is 0 Å². The normalized spacial score (nSPS) is 18.5. The maximum atomic E-state index is 13.1. The molecule has 0 N–H and O–H groups in total. The monoisotopic (exact) mass is 358 g/mol. The molecule has 1 aromatic carbocycles. The average Bonchev–Trinajstić information content (AvgIpc) is 3.39. The molecule has 0 aromatic heterocycles. The Hall–Kier alpha value is -2.04. The molecule has 1 aromatic rings. The van der Waals surface area contributed by atoms with E-state index >= 15 is 0 Å². The zero-order valence-corrected chi connectivity index (χ0v) is 16.3. The molecule has 2 aliphatic rings. The topological polar surface area (TPSA) is 49.9 Å². The van der Waals surface area contributed by atoms with E-state index in [0.717, 1.165) is 36.8 Å². The van der Waals surface area contributed by atoms with Crippen molar-refractivity contribution in [3.05, 3.63) is 35.4 Å². The molecule has 1 heterocycles. The van der Waals surface area contributed by atoms with Crippen molar-refractivity contribution in [3.8, 4) is 0 Å². The van der Waals surface area contributed by atoms with Crippen LogP contribution in [0.4, 0.5) is 4.79 Å². The number of aryl methyl sites for hydroxylation is 1. The van der Waals surface area contributed by atoms with E-state index < -0.39 is 5.60 Å². The number of carbonyl (C=O) groups is 2. The first kappa shape index (κ1) is 18.7. The molecule has 2 amide bonds. The number of benzene rings is 1. The number of rotatable bonds is 3. The van der Waals surface area contributed by atoms with Crippen LogP contribution in [0, 0.1) is 6.92 Å². The van der Waals surface area contributed by atoms with Gasteiger partial charge < -0.3 is 14.5 Å². The molecule has 1 saturated heterocycles.